The number of benzene rings is 8. The average molecular weight is 1250 g/mol. The molecule has 0 aliphatic heterocycles. The zero-order chi connectivity index (χ0) is 64.3. The van der Waals surface area contributed by atoms with Crippen LogP contribution >= 0.6 is 0 Å². The van der Waals surface area contributed by atoms with Gasteiger partial charge in [-0.2, -0.15) is 132 Å². The lowest BCUT2D eigenvalue weighted by Gasteiger charge is -2.46. The lowest BCUT2D eigenvalue weighted by atomic mass is 9.12. The van der Waals surface area contributed by atoms with E-state index in [4.69, 9.17) is 4.74 Å². The van der Waals surface area contributed by atoms with Crippen LogP contribution in [0.15, 0.2) is 176 Å². The van der Waals surface area contributed by atoms with Crippen LogP contribution in [0.3, 0.4) is 0 Å². The van der Waals surface area contributed by atoms with Gasteiger partial charge in [-0.1, -0.05) is 127 Å². The van der Waals surface area contributed by atoms with Gasteiger partial charge in [-0.25, -0.2) is 4.98 Å². The summed E-state index contributed by atoms with van der Waals surface area (Å²) in [6, 6.07) is 18.9. The Morgan fingerprint density at radius 2 is 0.667 bits per heavy atom. The summed E-state index contributed by atoms with van der Waals surface area (Å²) in [4.78, 5) is 17.0. The van der Waals surface area contributed by atoms with E-state index in [1.807, 2.05) is 66.7 Å². The molecule has 0 unspecified atom stereocenters. The third-order valence-electron chi connectivity index (χ3n) is 13.6. The fraction of sp³-hybridized carbons (Fsp3) is 0.155. The molecule has 0 N–H and O–H groups in total. The van der Waals surface area contributed by atoms with Gasteiger partial charge in [0.2, 0.25) is 12.3 Å². The van der Waals surface area contributed by atoms with Crippen molar-refractivity contribution in [2.24, 2.45) is 0 Å². The van der Waals surface area contributed by atoms with E-state index in [2.05, 4.69) is 23.2 Å². The maximum absolute atomic E-state index is 14.2. The minimum absolute atomic E-state index is 0.0134. The van der Waals surface area contributed by atoms with Crippen molar-refractivity contribution in [2.75, 3.05) is 0 Å². The van der Waals surface area contributed by atoms with Crippen molar-refractivity contribution in [3.8, 4) is 11.6 Å². The third kappa shape index (κ3) is 14.1. The summed E-state index contributed by atoms with van der Waals surface area (Å²) < 4.78 is 349. The molecule has 9 aromatic rings. The first-order valence-electron chi connectivity index (χ1n) is 24.4. The number of carbonyl (C=O) groups excluding carboxylic acids is 1. The molecule has 87 heavy (non-hydrogen) atoms. The standard InChI is InChI=1S/C32H12BF24.C26H19N2O2/c34-25(35,36)13-1-14(26(37,38)39)6-21(5-13)33(22-7-15(27(40,41)42)2-16(8-22)28(43,44)45,23-9-17(29(46,47)48)3-18(10-23)30(49,50)51)24-11-19(31(52,53)54)4-20(12-24)32(55,56)57;29-24(19-8-2-1-3-9-19)18-28-15-14-27-17-25(28)30-26-22-12-6-4-10-20(22)16-21-11-5-7-13-23(21)26/h1-12H;1-17H,18H2/q-1;+1. The Balaban J connectivity index is 0.000000271. The number of hydrogen-bond acceptors (Lipinski definition) is 3. The van der Waals surface area contributed by atoms with Gasteiger partial charge < -0.3 is 4.74 Å². The second kappa shape index (κ2) is 22.8. The summed E-state index contributed by atoms with van der Waals surface area (Å²) in [5, 5.41) is 4.23. The second-order valence-corrected chi connectivity index (χ2v) is 19.3. The van der Waals surface area contributed by atoms with Gasteiger partial charge in [0.1, 0.15) is 18.1 Å². The molecule has 9 rings (SSSR count). The van der Waals surface area contributed by atoms with Crippen LogP contribution in [-0.2, 0) is 56.0 Å². The highest BCUT2D eigenvalue weighted by atomic mass is 19.4. The summed E-state index contributed by atoms with van der Waals surface area (Å²) in [5.74, 6) is 1.29. The van der Waals surface area contributed by atoms with Crippen LogP contribution in [0, 0.1) is 0 Å². The highest BCUT2D eigenvalue weighted by Gasteiger charge is 2.47. The third-order valence-corrected chi connectivity index (χ3v) is 13.6. The Labute approximate surface area is 472 Å². The SMILES string of the molecule is FC(F)(F)c1cc([B-](c2cc(C(F)(F)F)cc(C(F)(F)F)c2)(c2cc(C(F)(F)F)cc(C(F)(F)F)c2)c2cc(C(F)(F)F)cc(C(F)(F)F)c2)cc(C(F)(F)F)c1.O=C(C[n+]1ccncc1Oc1c2ccccc2cc2ccccc12)c1ccccc1. The zero-order valence-electron chi connectivity index (χ0n) is 42.8. The van der Waals surface area contributed by atoms with E-state index in [0.29, 0.717) is 11.4 Å². The van der Waals surface area contributed by atoms with Crippen molar-refractivity contribution in [3.63, 3.8) is 0 Å². The van der Waals surface area contributed by atoms with E-state index in [0.717, 1.165) is 27.3 Å². The Hall–Kier alpha value is -8.79. The normalized spacial score (nSPS) is 13.1. The molecule has 0 saturated heterocycles. The number of halogens is 24. The zero-order valence-corrected chi connectivity index (χ0v) is 42.8. The van der Waals surface area contributed by atoms with Crippen molar-refractivity contribution in [3.05, 3.63) is 226 Å². The van der Waals surface area contributed by atoms with Gasteiger partial charge in [0, 0.05) is 16.3 Å². The van der Waals surface area contributed by atoms with Gasteiger partial charge >= 0.3 is 55.3 Å². The fourth-order valence-electron chi connectivity index (χ4n) is 9.72. The smallest absolute Gasteiger partial charge is 0.403 e. The monoisotopic (exact) mass is 1250 g/mol. The summed E-state index contributed by atoms with van der Waals surface area (Å²) >= 11 is 0. The van der Waals surface area contributed by atoms with Gasteiger partial charge in [0.05, 0.1) is 50.7 Å². The van der Waals surface area contributed by atoms with Crippen molar-refractivity contribution in [1.29, 1.82) is 0 Å². The molecular weight excluding hydrogens is 1220 g/mol. The first-order chi connectivity index (χ1) is 40.1. The highest BCUT2D eigenvalue weighted by molar-refractivity contribution is 7.20. The Bertz CT molecular complexity index is 3540. The molecule has 8 aromatic carbocycles. The van der Waals surface area contributed by atoms with Gasteiger partial charge in [-0.3, -0.25) is 4.79 Å². The fourth-order valence-corrected chi connectivity index (χ4v) is 9.72. The van der Waals surface area contributed by atoms with E-state index >= 15 is 0 Å². The molecule has 456 valence electrons. The van der Waals surface area contributed by atoms with Crippen LogP contribution < -0.4 is 31.2 Å². The summed E-state index contributed by atoms with van der Waals surface area (Å²) in [6.45, 7) is 0.171. The summed E-state index contributed by atoms with van der Waals surface area (Å²) in [5.41, 5.74) is -29.5. The van der Waals surface area contributed by atoms with Gasteiger partial charge in [0.25, 0.3) is 0 Å². The van der Waals surface area contributed by atoms with E-state index in [9.17, 15) is 110 Å². The molecular formula is C58H31BF24N2O2. The molecule has 0 atom stereocenters. The van der Waals surface area contributed by atoms with E-state index < -0.39 is 195 Å². The number of ether oxygens (including phenoxy) is 1. The molecule has 0 radical (unpaired) electrons. The average Bonchev–Trinajstić information content (AvgIpc) is 0.765. The van der Waals surface area contributed by atoms with Crippen LogP contribution in [0.4, 0.5) is 105 Å². The second-order valence-electron chi connectivity index (χ2n) is 19.3. The molecule has 0 saturated carbocycles. The number of carbonyl (C=O) groups is 1. The summed E-state index contributed by atoms with van der Waals surface area (Å²) in [7, 11) is 0. The number of Topliss-reactive ketones (excluding diaryl/α,β-unsaturated/α-hetero) is 1. The molecule has 0 aliphatic rings. The number of hydrogen-bond donors (Lipinski definition) is 0. The first-order valence-corrected chi connectivity index (χ1v) is 24.4. The van der Waals surface area contributed by atoms with Crippen LogP contribution in [0.5, 0.6) is 11.6 Å². The van der Waals surface area contributed by atoms with Crippen molar-refractivity contribution in [2.45, 2.75) is 56.0 Å². The number of alkyl halides is 24. The molecule has 0 fully saturated rings. The largest absolute Gasteiger partial charge is 0.416 e. The van der Waals surface area contributed by atoms with Crippen LogP contribution in [-0.4, -0.2) is 16.9 Å². The van der Waals surface area contributed by atoms with Crippen LogP contribution in [0.25, 0.3) is 21.5 Å². The highest BCUT2D eigenvalue weighted by Crippen LogP contribution is 2.42. The molecule has 0 spiro atoms. The maximum atomic E-state index is 14.2. The number of ketones is 1. The topological polar surface area (TPSA) is 43.1 Å². The number of aromatic nitrogens is 2. The quantitative estimate of drug-likeness (QED) is 0.0476. The predicted molar refractivity (Wildman–Crippen MR) is 267 cm³/mol. The maximum Gasteiger partial charge on any atom is 0.416 e. The summed E-state index contributed by atoms with van der Waals surface area (Å²) in [6.07, 6.45) is -49.7. The van der Waals surface area contributed by atoms with E-state index in [1.165, 1.54) is 0 Å². The van der Waals surface area contributed by atoms with Crippen LogP contribution in [0.2, 0.25) is 0 Å². The lowest BCUT2D eigenvalue weighted by molar-refractivity contribution is -0.687. The molecule has 1 aromatic heterocycles. The number of nitrogens with zero attached hydrogens (tertiary/aromatic N) is 2. The molecule has 1 heterocycles. The van der Waals surface area contributed by atoms with Crippen molar-refractivity contribution >= 4 is 55.3 Å². The first kappa shape index (κ1) is 64.2. The van der Waals surface area contributed by atoms with E-state index in [1.54, 1.807) is 23.2 Å². The number of rotatable bonds is 9. The molecule has 4 nitrogen and oxygen atoms in total. The minimum atomic E-state index is -6.13. The molecule has 0 amide bonds. The molecule has 0 bridgehead atoms. The van der Waals surface area contributed by atoms with Gasteiger partial charge in [-0.15, -0.1) is 0 Å². The number of fused-ring (bicyclic) bond motifs is 2. The van der Waals surface area contributed by atoms with Crippen molar-refractivity contribution < 1.29 is 119 Å². The minimum Gasteiger partial charge on any atom is -0.403 e. The Morgan fingerprint density at radius 3 is 0.966 bits per heavy atom. The molecule has 0 aliphatic carbocycles. The van der Waals surface area contributed by atoms with Crippen molar-refractivity contribution in [1.82, 2.24) is 4.98 Å². The Morgan fingerprint density at radius 1 is 0.379 bits per heavy atom. The Kier molecular flexibility index (Phi) is 16.8. The van der Waals surface area contributed by atoms with E-state index in [-0.39, 0.29) is 12.3 Å². The lowest BCUT2D eigenvalue weighted by Crippen LogP contribution is -2.75. The van der Waals surface area contributed by atoms with Gasteiger partial charge in [0.15, 0.2) is 6.20 Å². The molecule has 29 heteroatoms. The van der Waals surface area contributed by atoms with Crippen LogP contribution in [0.1, 0.15) is 54.9 Å². The predicted octanol–water partition coefficient (Wildman–Crippen LogP) is 16.6. The van der Waals surface area contributed by atoms with Gasteiger partial charge in [-0.05, 0) is 41.1 Å².